The third-order valence-corrected chi connectivity index (χ3v) is 2.36. The second-order valence-corrected chi connectivity index (χ2v) is 4.13. The fourth-order valence-electron chi connectivity index (χ4n) is 1.32. The minimum Gasteiger partial charge on any atom is -0.396 e. The van der Waals surface area contributed by atoms with Gasteiger partial charge in [0, 0.05) is 19.1 Å². The zero-order chi connectivity index (χ0) is 10.6. The first-order valence-corrected chi connectivity index (χ1v) is 5.99. The van der Waals surface area contributed by atoms with E-state index in [1.807, 2.05) is 6.92 Å². The number of ether oxygens (including phenoxy) is 1. The number of aliphatic hydroxyl groups excluding tert-OH is 1. The summed E-state index contributed by atoms with van der Waals surface area (Å²) in [5.41, 5.74) is 0. The van der Waals surface area contributed by atoms with Crippen LogP contribution < -0.4 is 0 Å². The fraction of sp³-hybridized carbons (Fsp3) is 1.00. The van der Waals surface area contributed by atoms with Crippen LogP contribution in [-0.4, -0.2) is 24.9 Å². The van der Waals surface area contributed by atoms with Crippen LogP contribution in [0, 0.1) is 5.92 Å². The van der Waals surface area contributed by atoms with Crippen LogP contribution in [0.4, 0.5) is 0 Å². The predicted octanol–water partition coefficient (Wildman–Crippen LogP) is 2.99. The molecule has 0 heterocycles. The lowest BCUT2D eigenvalue weighted by molar-refractivity contribution is 0.0775. The van der Waals surface area contributed by atoms with E-state index in [0.717, 1.165) is 6.61 Å². The number of rotatable bonds is 10. The van der Waals surface area contributed by atoms with Gasteiger partial charge in [0.25, 0.3) is 0 Å². The molecule has 1 unspecified atom stereocenters. The minimum absolute atomic E-state index is 0.233. The van der Waals surface area contributed by atoms with E-state index in [0.29, 0.717) is 6.61 Å². The second-order valence-electron chi connectivity index (χ2n) is 4.13. The Labute approximate surface area is 88.7 Å². The Morgan fingerprint density at radius 2 is 1.71 bits per heavy atom. The molecule has 0 aromatic heterocycles. The standard InChI is InChI=1S/C12H26O2/c1-3-4-5-6-7-8-9-14-11-12(2)10-13/h12-13H,3-11H2,1-2H3. The van der Waals surface area contributed by atoms with Gasteiger partial charge in [-0.25, -0.2) is 0 Å². The highest BCUT2D eigenvalue weighted by molar-refractivity contribution is 4.47. The topological polar surface area (TPSA) is 29.5 Å². The highest BCUT2D eigenvalue weighted by atomic mass is 16.5. The van der Waals surface area contributed by atoms with Gasteiger partial charge in [-0.2, -0.15) is 0 Å². The van der Waals surface area contributed by atoms with Gasteiger partial charge < -0.3 is 9.84 Å². The molecule has 1 atom stereocenters. The van der Waals surface area contributed by atoms with Crippen molar-refractivity contribution in [2.24, 2.45) is 5.92 Å². The Morgan fingerprint density at radius 1 is 1.07 bits per heavy atom. The quantitative estimate of drug-likeness (QED) is 0.552. The molecule has 1 N–H and O–H groups in total. The Hall–Kier alpha value is -0.0800. The maximum absolute atomic E-state index is 8.75. The predicted molar refractivity (Wildman–Crippen MR) is 60.4 cm³/mol. The molecule has 0 spiro atoms. The molecule has 14 heavy (non-hydrogen) atoms. The third-order valence-electron chi connectivity index (χ3n) is 2.36. The fourth-order valence-corrected chi connectivity index (χ4v) is 1.32. The maximum atomic E-state index is 8.75. The average Bonchev–Trinajstić information content (AvgIpc) is 2.21. The second kappa shape index (κ2) is 11.0. The summed E-state index contributed by atoms with van der Waals surface area (Å²) in [6.07, 6.45) is 7.83. The summed E-state index contributed by atoms with van der Waals surface area (Å²) >= 11 is 0. The number of unbranched alkanes of at least 4 members (excludes halogenated alkanes) is 5. The van der Waals surface area contributed by atoms with Crippen molar-refractivity contribution >= 4 is 0 Å². The molecule has 0 aromatic rings. The average molecular weight is 202 g/mol. The van der Waals surface area contributed by atoms with E-state index in [4.69, 9.17) is 9.84 Å². The van der Waals surface area contributed by atoms with Gasteiger partial charge in [0.05, 0.1) is 6.61 Å². The lowest BCUT2D eigenvalue weighted by Gasteiger charge is -2.08. The normalized spacial score (nSPS) is 13.1. The molecule has 0 amide bonds. The van der Waals surface area contributed by atoms with Crippen LogP contribution >= 0.6 is 0 Å². The Bertz CT molecular complexity index is 104. The monoisotopic (exact) mass is 202 g/mol. The summed E-state index contributed by atoms with van der Waals surface area (Å²) in [7, 11) is 0. The van der Waals surface area contributed by atoms with E-state index in [2.05, 4.69) is 6.92 Å². The van der Waals surface area contributed by atoms with E-state index < -0.39 is 0 Å². The molecular weight excluding hydrogens is 176 g/mol. The lowest BCUT2D eigenvalue weighted by Crippen LogP contribution is -2.10. The van der Waals surface area contributed by atoms with Crippen LogP contribution in [0.2, 0.25) is 0 Å². The smallest absolute Gasteiger partial charge is 0.0513 e. The molecule has 0 radical (unpaired) electrons. The van der Waals surface area contributed by atoms with Crippen LogP contribution in [0.5, 0.6) is 0 Å². The summed E-state index contributed by atoms with van der Waals surface area (Å²) < 4.78 is 5.43. The number of aliphatic hydroxyl groups is 1. The molecule has 2 heteroatoms. The largest absolute Gasteiger partial charge is 0.396 e. The Morgan fingerprint density at radius 3 is 2.36 bits per heavy atom. The molecule has 0 bridgehead atoms. The molecule has 0 saturated heterocycles. The molecule has 0 aliphatic rings. The highest BCUT2D eigenvalue weighted by Gasteiger charge is 1.98. The molecule has 0 fully saturated rings. The zero-order valence-corrected chi connectivity index (χ0v) is 9.80. The summed E-state index contributed by atoms with van der Waals surface area (Å²) in [6.45, 7) is 6.03. The number of hydrogen-bond donors (Lipinski definition) is 1. The molecule has 0 aromatic carbocycles. The van der Waals surface area contributed by atoms with E-state index >= 15 is 0 Å². The lowest BCUT2D eigenvalue weighted by atomic mass is 10.1. The SMILES string of the molecule is CCCCCCCCOCC(C)CO. The summed E-state index contributed by atoms with van der Waals surface area (Å²) in [5, 5.41) is 8.75. The molecule has 2 nitrogen and oxygen atoms in total. The van der Waals surface area contributed by atoms with Gasteiger partial charge in [0.15, 0.2) is 0 Å². The van der Waals surface area contributed by atoms with E-state index in [-0.39, 0.29) is 12.5 Å². The zero-order valence-electron chi connectivity index (χ0n) is 9.80. The van der Waals surface area contributed by atoms with Crippen molar-refractivity contribution in [3.8, 4) is 0 Å². The van der Waals surface area contributed by atoms with Gasteiger partial charge in [0.1, 0.15) is 0 Å². The van der Waals surface area contributed by atoms with Crippen molar-refractivity contribution in [1.29, 1.82) is 0 Å². The summed E-state index contributed by atoms with van der Waals surface area (Å²) in [4.78, 5) is 0. The van der Waals surface area contributed by atoms with Crippen molar-refractivity contribution in [1.82, 2.24) is 0 Å². The first-order chi connectivity index (χ1) is 6.81. The first kappa shape index (κ1) is 13.9. The van der Waals surface area contributed by atoms with Crippen LogP contribution in [0.3, 0.4) is 0 Å². The van der Waals surface area contributed by atoms with Gasteiger partial charge in [-0.15, -0.1) is 0 Å². The van der Waals surface area contributed by atoms with Crippen LogP contribution in [-0.2, 0) is 4.74 Å². The van der Waals surface area contributed by atoms with E-state index in [1.165, 1.54) is 38.5 Å². The van der Waals surface area contributed by atoms with Gasteiger partial charge in [-0.05, 0) is 6.42 Å². The van der Waals surface area contributed by atoms with Gasteiger partial charge >= 0.3 is 0 Å². The molecule has 0 aliphatic heterocycles. The Balaban J connectivity index is 2.92. The number of hydrogen-bond acceptors (Lipinski definition) is 2. The summed E-state index contributed by atoms with van der Waals surface area (Å²) in [6, 6.07) is 0. The molecule has 0 aliphatic carbocycles. The molecule has 0 rings (SSSR count). The summed E-state index contributed by atoms with van der Waals surface area (Å²) in [5.74, 6) is 0.287. The van der Waals surface area contributed by atoms with Crippen molar-refractivity contribution < 1.29 is 9.84 Å². The first-order valence-electron chi connectivity index (χ1n) is 5.99. The molecule has 0 saturated carbocycles. The van der Waals surface area contributed by atoms with Crippen LogP contribution in [0.25, 0.3) is 0 Å². The van der Waals surface area contributed by atoms with Gasteiger partial charge in [0.2, 0.25) is 0 Å². The molecule has 86 valence electrons. The third kappa shape index (κ3) is 10.0. The van der Waals surface area contributed by atoms with Crippen LogP contribution in [0.1, 0.15) is 52.4 Å². The van der Waals surface area contributed by atoms with Crippen molar-refractivity contribution in [2.45, 2.75) is 52.4 Å². The van der Waals surface area contributed by atoms with Crippen molar-refractivity contribution in [3.63, 3.8) is 0 Å². The van der Waals surface area contributed by atoms with E-state index in [9.17, 15) is 0 Å². The van der Waals surface area contributed by atoms with Gasteiger partial charge in [-0.3, -0.25) is 0 Å². The molecular formula is C12H26O2. The van der Waals surface area contributed by atoms with E-state index in [1.54, 1.807) is 0 Å². The highest BCUT2D eigenvalue weighted by Crippen LogP contribution is 2.05. The van der Waals surface area contributed by atoms with Crippen LogP contribution in [0.15, 0.2) is 0 Å². The maximum Gasteiger partial charge on any atom is 0.0513 e. The Kier molecular flexibility index (Phi) is 10.9. The van der Waals surface area contributed by atoms with Crippen molar-refractivity contribution in [3.05, 3.63) is 0 Å². The van der Waals surface area contributed by atoms with Crippen molar-refractivity contribution in [2.75, 3.05) is 19.8 Å². The minimum atomic E-state index is 0.233. The van der Waals surface area contributed by atoms with Gasteiger partial charge in [-0.1, -0.05) is 46.0 Å².